The molecule has 0 aliphatic heterocycles. The van der Waals surface area contributed by atoms with Crippen LogP contribution in [-0.2, 0) is 0 Å². The summed E-state index contributed by atoms with van der Waals surface area (Å²) in [5.74, 6) is -0.0494. The van der Waals surface area contributed by atoms with Gasteiger partial charge in [-0.05, 0) is 23.8 Å². The zero-order valence-electron chi connectivity index (χ0n) is 8.73. The predicted octanol–water partition coefficient (Wildman–Crippen LogP) is 1.92. The summed E-state index contributed by atoms with van der Waals surface area (Å²) in [5.41, 5.74) is 7.48. The van der Waals surface area contributed by atoms with Crippen LogP contribution in [-0.4, -0.2) is 23.2 Å². The maximum Gasteiger partial charge on any atom is 0.0719 e. The molecule has 0 aliphatic rings. The summed E-state index contributed by atoms with van der Waals surface area (Å²) in [6.45, 7) is 0.455. The first-order valence-corrected chi connectivity index (χ1v) is 5.49. The molecule has 1 heterocycles. The topological polar surface area (TPSA) is 59.1 Å². The maximum absolute atomic E-state index is 9.27. The Bertz CT molecular complexity index is 497. The molecular weight excluding hydrogens is 224 g/mol. The Balaban J connectivity index is 2.61. The molecule has 3 nitrogen and oxygen atoms in total. The lowest BCUT2D eigenvalue weighted by Crippen LogP contribution is -2.16. The molecule has 0 saturated carbocycles. The average molecular weight is 237 g/mol. The van der Waals surface area contributed by atoms with E-state index in [0.717, 1.165) is 16.5 Å². The number of aliphatic hydroxyl groups excluding tert-OH is 1. The van der Waals surface area contributed by atoms with Crippen LogP contribution in [0.2, 0.25) is 5.02 Å². The molecule has 4 heteroatoms. The van der Waals surface area contributed by atoms with Crippen molar-refractivity contribution in [2.75, 3.05) is 13.2 Å². The summed E-state index contributed by atoms with van der Waals surface area (Å²) >= 11 is 5.90. The van der Waals surface area contributed by atoms with Gasteiger partial charge in [0.2, 0.25) is 0 Å². The van der Waals surface area contributed by atoms with Crippen LogP contribution in [0.25, 0.3) is 10.9 Å². The van der Waals surface area contributed by atoms with Crippen molar-refractivity contribution in [3.8, 4) is 0 Å². The Labute approximate surface area is 98.9 Å². The molecule has 0 amide bonds. The second kappa shape index (κ2) is 4.78. The number of aliphatic hydroxyl groups is 1. The average Bonchev–Trinajstić information content (AvgIpc) is 2.30. The van der Waals surface area contributed by atoms with Crippen molar-refractivity contribution in [3.63, 3.8) is 0 Å². The lowest BCUT2D eigenvalue weighted by Gasteiger charge is -2.14. The van der Waals surface area contributed by atoms with Crippen LogP contribution in [0.1, 0.15) is 11.5 Å². The molecule has 0 fully saturated rings. The van der Waals surface area contributed by atoms with Crippen molar-refractivity contribution in [1.82, 2.24) is 4.98 Å². The van der Waals surface area contributed by atoms with Gasteiger partial charge in [0.05, 0.1) is 12.1 Å². The summed E-state index contributed by atoms with van der Waals surface area (Å²) in [4.78, 5) is 4.25. The standard InChI is InChI=1S/C12H13ClN2O/c13-9-1-2-11-10(8(6-14)7-16)3-4-15-12(11)5-9/h1-5,8,16H,6-7,14H2. The van der Waals surface area contributed by atoms with Gasteiger partial charge in [-0.1, -0.05) is 17.7 Å². The number of halogens is 1. The molecule has 1 unspecified atom stereocenters. The zero-order chi connectivity index (χ0) is 11.5. The second-order valence-corrected chi connectivity index (χ2v) is 4.11. The number of benzene rings is 1. The molecule has 16 heavy (non-hydrogen) atoms. The van der Waals surface area contributed by atoms with Crippen LogP contribution < -0.4 is 5.73 Å². The molecule has 0 bridgehead atoms. The monoisotopic (exact) mass is 236 g/mol. The van der Waals surface area contributed by atoms with Gasteiger partial charge in [0.15, 0.2) is 0 Å². The zero-order valence-corrected chi connectivity index (χ0v) is 9.48. The SMILES string of the molecule is NCC(CO)c1ccnc2cc(Cl)ccc12. The van der Waals surface area contributed by atoms with Crippen LogP contribution in [0.15, 0.2) is 30.5 Å². The fraction of sp³-hybridized carbons (Fsp3) is 0.250. The number of pyridine rings is 1. The summed E-state index contributed by atoms with van der Waals surface area (Å²) in [5, 5.41) is 10.9. The Morgan fingerprint density at radius 1 is 1.38 bits per heavy atom. The molecular formula is C12H13ClN2O. The third-order valence-electron chi connectivity index (χ3n) is 2.68. The van der Waals surface area contributed by atoms with Gasteiger partial charge in [0, 0.05) is 29.1 Å². The van der Waals surface area contributed by atoms with Gasteiger partial charge in [0.1, 0.15) is 0 Å². The molecule has 2 rings (SSSR count). The van der Waals surface area contributed by atoms with Gasteiger partial charge in [-0.3, -0.25) is 4.98 Å². The van der Waals surface area contributed by atoms with Gasteiger partial charge < -0.3 is 10.8 Å². The molecule has 0 saturated heterocycles. The van der Waals surface area contributed by atoms with E-state index in [1.165, 1.54) is 0 Å². The first-order chi connectivity index (χ1) is 7.76. The highest BCUT2D eigenvalue weighted by atomic mass is 35.5. The van der Waals surface area contributed by atoms with E-state index in [2.05, 4.69) is 4.98 Å². The third kappa shape index (κ3) is 2.02. The van der Waals surface area contributed by atoms with Crippen LogP contribution in [0.5, 0.6) is 0 Å². The summed E-state index contributed by atoms with van der Waals surface area (Å²) in [6, 6.07) is 7.44. The van der Waals surface area contributed by atoms with Crippen molar-refractivity contribution in [3.05, 3.63) is 41.0 Å². The number of nitrogens with zero attached hydrogens (tertiary/aromatic N) is 1. The Hall–Kier alpha value is -1.16. The van der Waals surface area contributed by atoms with Gasteiger partial charge in [-0.15, -0.1) is 0 Å². The number of nitrogens with two attached hydrogens (primary N) is 1. The molecule has 0 spiro atoms. The van der Waals surface area contributed by atoms with Crippen LogP contribution in [0.3, 0.4) is 0 Å². The van der Waals surface area contributed by atoms with Crippen LogP contribution in [0, 0.1) is 0 Å². The van der Waals surface area contributed by atoms with Crippen molar-refractivity contribution in [2.45, 2.75) is 5.92 Å². The highest BCUT2D eigenvalue weighted by Gasteiger charge is 2.12. The molecule has 84 valence electrons. The minimum atomic E-state index is -0.0494. The lowest BCUT2D eigenvalue weighted by molar-refractivity contribution is 0.268. The first kappa shape index (κ1) is 11.3. The first-order valence-electron chi connectivity index (χ1n) is 5.11. The smallest absolute Gasteiger partial charge is 0.0719 e. The minimum absolute atomic E-state index is 0.0399. The molecule has 1 aromatic heterocycles. The minimum Gasteiger partial charge on any atom is -0.396 e. The van der Waals surface area contributed by atoms with Crippen molar-refractivity contribution in [2.24, 2.45) is 5.73 Å². The number of fused-ring (bicyclic) bond motifs is 1. The van der Waals surface area contributed by atoms with E-state index in [4.69, 9.17) is 17.3 Å². The second-order valence-electron chi connectivity index (χ2n) is 3.68. The highest BCUT2D eigenvalue weighted by Crippen LogP contribution is 2.25. The molecule has 1 aromatic carbocycles. The quantitative estimate of drug-likeness (QED) is 0.856. The number of aromatic nitrogens is 1. The Kier molecular flexibility index (Phi) is 3.39. The van der Waals surface area contributed by atoms with Crippen LogP contribution in [0.4, 0.5) is 0 Å². The number of hydrogen-bond acceptors (Lipinski definition) is 3. The largest absolute Gasteiger partial charge is 0.396 e. The Morgan fingerprint density at radius 2 is 2.19 bits per heavy atom. The lowest BCUT2D eigenvalue weighted by atomic mass is 9.96. The summed E-state index contributed by atoms with van der Waals surface area (Å²) in [6.07, 6.45) is 1.71. The normalized spacial score (nSPS) is 12.9. The van der Waals surface area contributed by atoms with E-state index in [1.807, 2.05) is 24.3 Å². The fourth-order valence-electron chi connectivity index (χ4n) is 1.80. The summed E-state index contributed by atoms with van der Waals surface area (Å²) in [7, 11) is 0. The molecule has 2 aromatic rings. The number of hydrogen-bond donors (Lipinski definition) is 2. The van der Waals surface area contributed by atoms with E-state index in [0.29, 0.717) is 11.6 Å². The van der Waals surface area contributed by atoms with E-state index >= 15 is 0 Å². The van der Waals surface area contributed by atoms with Crippen molar-refractivity contribution in [1.29, 1.82) is 0 Å². The number of rotatable bonds is 3. The maximum atomic E-state index is 9.27. The third-order valence-corrected chi connectivity index (χ3v) is 2.92. The molecule has 3 N–H and O–H groups in total. The Morgan fingerprint density at radius 3 is 2.88 bits per heavy atom. The van der Waals surface area contributed by atoms with Crippen molar-refractivity contribution >= 4 is 22.5 Å². The van der Waals surface area contributed by atoms with Crippen molar-refractivity contribution < 1.29 is 5.11 Å². The molecule has 0 aliphatic carbocycles. The molecule has 0 radical (unpaired) electrons. The molecule has 1 atom stereocenters. The van der Waals surface area contributed by atoms with Gasteiger partial charge >= 0.3 is 0 Å². The van der Waals surface area contributed by atoms with E-state index in [9.17, 15) is 5.11 Å². The summed E-state index contributed by atoms with van der Waals surface area (Å²) < 4.78 is 0. The van der Waals surface area contributed by atoms with Gasteiger partial charge in [-0.2, -0.15) is 0 Å². The van der Waals surface area contributed by atoms with E-state index in [1.54, 1.807) is 6.20 Å². The van der Waals surface area contributed by atoms with E-state index in [-0.39, 0.29) is 12.5 Å². The predicted molar refractivity (Wildman–Crippen MR) is 65.6 cm³/mol. The van der Waals surface area contributed by atoms with Crippen LogP contribution >= 0.6 is 11.6 Å². The van der Waals surface area contributed by atoms with Gasteiger partial charge in [0.25, 0.3) is 0 Å². The van der Waals surface area contributed by atoms with Gasteiger partial charge in [-0.25, -0.2) is 0 Å². The highest BCUT2D eigenvalue weighted by molar-refractivity contribution is 6.31. The van der Waals surface area contributed by atoms with E-state index < -0.39 is 0 Å². The fourth-order valence-corrected chi connectivity index (χ4v) is 1.97.